The predicted octanol–water partition coefficient (Wildman–Crippen LogP) is 0.937. The van der Waals surface area contributed by atoms with Gasteiger partial charge in [0.1, 0.15) is 36.6 Å². The van der Waals surface area contributed by atoms with Crippen molar-refractivity contribution in [1.29, 1.82) is 0 Å². The summed E-state index contributed by atoms with van der Waals surface area (Å²) < 4.78 is 14.9. The van der Waals surface area contributed by atoms with Gasteiger partial charge in [0, 0.05) is 44.8 Å². The third-order valence-corrected chi connectivity index (χ3v) is 8.29. The normalized spacial score (nSPS) is 19.9. The molecule has 0 saturated carbocycles. The quantitative estimate of drug-likeness (QED) is 0.148. The summed E-state index contributed by atoms with van der Waals surface area (Å²) in [5.41, 5.74) is 2.94. The number of aliphatic hydroxyl groups is 5. The number of nitrogens with zero attached hydrogens (tertiary/aromatic N) is 1. The van der Waals surface area contributed by atoms with Crippen LogP contribution < -0.4 is 10.4 Å². The van der Waals surface area contributed by atoms with E-state index in [2.05, 4.69) is 22.9 Å². The van der Waals surface area contributed by atoms with E-state index in [9.17, 15) is 24.5 Å². The number of likely N-dealkylation sites (N-methyl/N-ethyl adjacent to an activating group) is 1. The van der Waals surface area contributed by atoms with Crippen molar-refractivity contribution in [3.05, 3.63) is 74.9 Å². The van der Waals surface area contributed by atoms with Gasteiger partial charge in [0.15, 0.2) is 0 Å². The molecule has 0 saturated heterocycles. The molecule has 0 bridgehead atoms. The predicted molar refractivity (Wildman–Crippen MR) is 170 cm³/mol. The van der Waals surface area contributed by atoms with Crippen molar-refractivity contribution in [1.82, 2.24) is 9.88 Å². The second-order valence-electron chi connectivity index (χ2n) is 11.9. The first-order valence-electron chi connectivity index (χ1n) is 14.6. The Kier molecular flexibility index (Phi) is 13.0. The molecule has 2 heterocycles. The molecule has 4 rings (SSSR count). The third-order valence-electron chi connectivity index (χ3n) is 7.67. The summed E-state index contributed by atoms with van der Waals surface area (Å²) in [7, 11) is 1.70. The Balaban J connectivity index is 0.000000360. The molecule has 0 aliphatic carbocycles. The maximum absolute atomic E-state index is 14.9. The van der Waals surface area contributed by atoms with Gasteiger partial charge < -0.3 is 45.7 Å². The van der Waals surface area contributed by atoms with Gasteiger partial charge in [0.05, 0.1) is 25.7 Å². The molecule has 248 valence electrons. The highest BCUT2D eigenvalue weighted by Crippen LogP contribution is 2.46. The van der Waals surface area contributed by atoms with Crippen LogP contribution in [0.2, 0.25) is 10.0 Å². The highest BCUT2D eigenvalue weighted by atomic mass is 35.5. The highest BCUT2D eigenvalue weighted by molar-refractivity contribution is 6.36. The van der Waals surface area contributed by atoms with Gasteiger partial charge in [-0.3, -0.25) is 4.90 Å². The topological polar surface area (TPSA) is 177 Å². The first kappa shape index (κ1) is 36.9. The number of halogens is 3. The molecule has 6 atom stereocenters. The monoisotopic (exact) mass is 669 g/mol. The summed E-state index contributed by atoms with van der Waals surface area (Å²) in [4.78, 5) is 16.4. The molecule has 1 aliphatic rings. The van der Waals surface area contributed by atoms with Gasteiger partial charge in [-0.05, 0) is 62.6 Å². The Hall–Kier alpha value is -2.58. The van der Waals surface area contributed by atoms with E-state index >= 15 is 0 Å². The molecular formula is C32H42Cl2FN3O7. The van der Waals surface area contributed by atoms with Crippen LogP contribution in [0, 0.1) is 0 Å². The van der Waals surface area contributed by atoms with Crippen molar-refractivity contribution < 1.29 is 45.1 Å². The van der Waals surface area contributed by atoms with E-state index in [4.69, 9.17) is 38.5 Å². The Morgan fingerprint density at radius 2 is 1.76 bits per heavy atom. The van der Waals surface area contributed by atoms with E-state index < -0.39 is 42.7 Å². The number of aliphatic hydroxyl groups excluding tert-OH is 5. The van der Waals surface area contributed by atoms with Crippen LogP contribution in [0.4, 0.5) is 4.39 Å². The van der Waals surface area contributed by atoms with Crippen LogP contribution in [0.5, 0.6) is 0 Å². The number of alkyl halides is 1. The summed E-state index contributed by atoms with van der Waals surface area (Å²) in [6.07, 6.45) is -2.44. The lowest BCUT2D eigenvalue weighted by Crippen LogP contribution is -2.83. The highest BCUT2D eigenvalue weighted by Gasteiger charge is 2.40. The average molecular weight is 671 g/mol. The number of carbonyl (C=O) groups excluding carboxylic acids is 1. The molecular weight excluding hydrogens is 628 g/mol. The van der Waals surface area contributed by atoms with Crippen LogP contribution >= 0.6 is 23.2 Å². The van der Waals surface area contributed by atoms with Crippen LogP contribution in [0.1, 0.15) is 49.2 Å². The van der Waals surface area contributed by atoms with E-state index in [0.29, 0.717) is 21.2 Å². The fraction of sp³-hybridized carbons (Fsp3) is 0.469. The maximum Gasteiger partial charge on any atom is 0.131 e. The number of fused-ring (bicyclic) bond motifs is 3. The molecule has 8 N–H and O–H groups in total. The molecule has 0 radical (unpaired) electrons. The smallest absolute Gasteiger partial charge is 0.131 e. The Labute approximate surface area is 271 Å². The minimum atomic E-state index is -1.53. The largest absolute Gasteiger partial charge is 0.545 e. The van der Waals surface area contributed by atoms with Gasteiger partial charge in [0.25, 0.3) is 0 Å². The number of hydrogen-bond acceptors (Lipinski definition) is 8. The molecule has 2 aromatic carbocycles. The summed E-state index contributed by atoms with van der Waals surface area (Å²) in [6, 6.07) is 11.1. The minimum absolute atomic E-state index is 0.0477. The maximum atomic E-state index is 14.9. The van der Waals surface area contributed by atoms with Gasteiger partial charge in [-0.15, -0.1) is 0 Å². The van der Waals surface area contributed by atoms with Crippen molar-refractivity contribution in [2.45, 2.75) is 69.4 Å². The fourth-order valence-electron chi connectivity index (χ4n) is 5.57. The molecule has 1 aromatic heterocycles. The number of H-pyrrole nitrogens is 1. The SMILES string of the molecule is C[C@@H]1Cc2c([nH]c3ccccc23)[C@@H](c2c(Cl)cc(/C=C/C(=O)[O-])cc2Cl)N1CC(C)(C)F.C[NH2+]C[C@H](O)[C@@H](O)[C@H](O)[C@H](O)CO. The van der Waals surface area contributed by atoms with Crippen LogP contribution in [0.25, 0.3) is 17.0 Å². The number of carbonyl (C=O) groups is 1. The molecule has 45 heavy (non-hydrogen) atoms. The van der Waals surface area contributed by atoms with Crippen molar-refractivity contribution in [2.75, 3.05) is 26.7 Å². The number of nitrogens with two attached hydrogens (primary N) is 1. The number of rotatable bonds is 11. The molecule has 0 spiro atoms. The molecule has 10 nitrogen and oxygen atoms in total. The summed E-state index contributed by atoms with van der Waals surface area (Å²) >= 11 is 13.4. The molecule has 0 amide bonds. The number of aromatic amines is 1. The van der Waals surface area contributed by atoms with Gasteiger partial charge in [-0.1, -0.05) is 47.5 Å². The van der Waals surface area contributed by atoms with E-state index in [-0.39, 0.29) is 25.2 Å². The van der Waals surface area contributed by atoms with E-state index in [1.165, 1.54) is 11.6 Å². The average Bonchev–Trinajstić information content (AvgIpc) is 3.33. The lowest BCUT2D eigenvalue weighted by atomic mass is 9.87. The number of quaternary nitrogens is 1. The van der Waals surface area contributed by atoms with Crippen molar-refractivity contribution in [3.63, 3.8) is 0 Å². The first-order chi connectivity index (χ1) is 21.1. The molecule has 13 heteroatoms. The van der Waals surface area contributed by atoms with Gasteiger partial charge in [-0.2, -0.15) is 0 Å². The number of carboxylic acid groups (broad SMARTS) is 1. The Morgan fingerprint density at radius 1 is 1.16 bits per heavy atom. The molecule has 0 fully saturated rings. The number of aliphatic carboxylic acids is 1. The third kappa shape index (κ3) is 9.25. The van der Waals surface area contributed by atoms with Gasteiger partial charge >= 0.3 is 0 Å². The zero-order chi connectivity index (χ0) is 33.6. The van der Waals surface area contributed by atoms with E-state index in [0.717, 1.165) is 29.1 Å². The first-order valence-corrected chi connectivity index (χ1v) is 15.4. The van der Waals surface area contributed by atoms with Crippen LogP contribution in [-0.4, -0.2) is 104 Å². The minimum Gasteiger partial charge on any atom is -0.545 e. The van der Waals surface area contributed by atoms with Crippen molar-refractivity contribution in [2.24, 2.45) is 0 Å². The lowest BCUT2D eigenvalue weighted by molar-refractivity contribution is -0.635. The van der Waals surface area contributed by atoms with Crippen molar-refractivity contribution >= 4 is 46.2 Å². The number of benzene rings is 2. The zero-order valence-corrected chi connectivity index (χ0v) is 27.1. The number of hydrogen-bond donors (Lipinski definition) is 7. The summed E-state index contributed by atoms with van der Waals surface area (Å²) in [5, 5.41) is 59.3. The standard InChI is InChI=1S/C25H25Cl2FN2O2.C7H17NO5/c1-14-10-17-16-6-4-5-7-20(16)29-23(17)24(30(14)13-25(2,3)28)22-18(26)11-15(12-19(22)27)8-9-21(31)32;1-8-2-4(10)6(12)7(13)5(11)3-9/h4-9,11-12,14,24,29H,10,13H2,1-3H3,(H,31,32);4-13H,2-3H2,1H3/b9-8+;/t14-,24-;4-,5+,6+,7+/m10/s1. The summed E-state index contributed by atoms with van der Waals surface area (Å²) in [6.45, 7) is 4.98. The second-order valence-corrected chi connectivity index (χ2v) is 12.7. The zero-order valence-electron chi connectivity index (χ0n) is 25.6. The number of nitrogens with one attached hydrogen (secondary N) is 1. The Morgan fingerprint density at radius 3 is 2.31 bits per heavy atom. The van der Waals surface area contributed by atoms with Crippen LogP contribution in [0.15, 0.2) is 42.5 Å². The van der Waals surface area contributed by atoms with Gasteiger partial charge in [0.2, 0.25) is 0 Å². The van der Waals surface area contributed by atoms with Crippen molar-refractivity contribution in [3.8, 4) is 0 Å². The fourth-order valence-corrected chi connectivity index (χ4v) is 6.28. The number of aromatic nitrogens is 1. The van der Waals surface area contributed by atoms with Gasteiger partial charge in [-0.25, -0.2) is 4.39 Å². The lowest BCUT2D eigenvalue weighted by Gasteiger charge is -2.43. The molecule has 0 unspecified atom stereocenters. The van der Waals surface area contributed by atoms with Crippen LogP contribution in [0.3, 0.4) is 0 Å². The number of carboxylic acids is 1. The second kappa shape index (κ2) is 15.8. The number of para-hydroxylation sites is 1. The Bertz CT molecular complexity index is 1460. The molecule has 1 aliphatic heterocycles. The van der Waals surface area contributed by atoms with E-state index in [1.807, 2.05) is 18.2 Å². The van der Waals surface area contributed by atoms with Crippen LogP contribution in [-0.2, 0) is 11.2 Å². The summed E-state index contributed by atoms with van der Waals surface area (Å²) in [5.74, 6) is -1.30. The van der Waals surface area contributed by atoms with E-state index in [1.54, 1.807) is 38.3 Å². The molecule has 3 aromatic rings.